The summed E-state index contributed by atoms with van der Waals surface area (Å²) in [6.45, 7) is 3.89. The number of ether oxygens (including phenoxy) is 1. The second kappa shape index (κ2) is 8.67. The summed E-state index contributed by atoms with van der Waals surface area (Å²) in [4.78, 5) is 10.1. The van der Waals surface area contributed by atoms with Crippen LogP contribution in [0.5, 0.6) is 5.75 Å². The van der Waals surface area contributed by atoms with Crippen LogP contribution in [0, 0.1) is 10.1 Å². The molecule has 0 saturated carbocycles. The largest absolute Gasteiger partial charge is 0.488 e. The summed E-state index contributed by atoms with van der Waals surface area (Å²) in [5, 5.41) is 14.9. The predicted octanol–water partition coefficient (Wildman–Crippen LogP) is 5.39. The minimum atomic E-state index is -4.67. The Bertz CT molecular complexity index is 885. The molecule has 2 rings (SSSR count). The minimum Gasteiger partial charge on any atom is -0.488 e. The Kier molecular flexibility index (Phi) is 6.56. The number of hydrogen-bond donors (Lipinski definition) is 1. The Balaban J connectivity index is 2.17. The van der Waals surface area contributed by atoms with Gasteiger partial charge < -0.3 is 4.74 Å². The maximum absolute atomic E-state index is 12.7. The van der Waals surface area contributed by atoms with Gasteiger partial charge in [0.1, 0.15) is 18.0 Å². The fourth-order valence-corrected chi connectivity index (χ4v) is 2.50. The monoisotopic (exact) mass is 443 g/mol. The Morgan fingerprint density at radius 3 is 2.63 bits per heavy atom. The third-order valence-corrected chi connectivity index (χ3v) is 3.85. The Hall–Kier alpha value is -2.88. The van der Waals surface area contributed by atoms with Gasteiger partial charge in [-0.1, -0.05) is 12.7 Å². The van der Waals surface area contributed by atoms with Crippen molar-refractivity contribution in [2.45, 2.75) is 6.18 Å². The molecule has 142 valence electrons. The molecule has 0 bridgehead atoms. The van der Waals surface area contributed by atoms with Gasteiger partial charge in [0.15, 0.2) is 0 Å². The average molecular weight is 444 g/mol. The molecule has 0 aliphatic heterocycles. The number of alkyl halides is 3. The number of nitrogens with one attached hydrogen (secondary N) is 1. The summed E-state index contributed by atoms with van der Waals surface area (Å²) >= 11 is 3.33. The highest BCUT2D eigenvalue weighted by Crippen LogP contribution is 2.35. The molecule has 0 aliphatic carbocycles. The van der Waals surface area contributed by atoms with E-state index >= 15 is 0 Å². The van der Waals surface area contributed by atoms with Crippen molar-refractivity contribution in [1.29, 1.82) is 0 Å². The number of hydrogen-bond acceptors (Lipinski definition) is 5. The van der Waals surface area contributed by atoms with Crippen molar-refractivity contribution in [2.75, 3.05) is 12.0 Å². The van der Waals surface area contributed by atoms with Gasteiger partial charge in [0, 0.05) is 6.07 Å². The zero-order chi connectivity index (χ0) is 20.0. The van der Waals surface area contributed by atoms with Crippen molar-refractivity contribution >= 4 is 33.5 Å². The van der Waals surface area contributed by atoms with Crippen LogP contribution in [0.3, 0.4) is 0 Å². The molecule has 1 N–H and O–H groups in total. The van der Waals surface area contributed by atoms with Crippen LogP contribution < -0.4 is 10.2 Å². The lowest BCUT2D eigenvalue weighted by atomic mass is 10.1. The van der Waals surface area contributed by atoms with E-state index in [-0.39, 0.29) is 5.69 Å². The standard InChI is InChI=1S/C17H13BrF3N3O3/c1-2-7-27-16-6-3-11(8-13(16)18)10-22-23-14-5-4-12(17(19,20)21)9-15(14)24(25)26/h2-6,8-10,23H,1,7H2/b22-10-. The zero-order valence-corrected chi connectivity index (χ0v) is 15.3. The van der Waals surface area contributed by atoms with Crippen molar-refractivity contribution < 1.29 is 22.8 Å². The molecule has 0 amide bonds. The maximum Gasteiger partial charge on any atom is 0.416 e. The second-order valence-corrected chi connectivity index (χ2v) is 6.00. The molecule has 0 spiro atoms. The highest BCUT2D eigenvalue weighted by molar-refractivity contribution is 9.10. The van der Waals surface area contributed by atoms with Gasteiger partial charge in [-0.2, -0.15) is 18.3 Å². The van der Waals surface area contributed by atoms with Crippen LogP contribution in [0.25, 0.3) is 0 Å². The first-order valence-corrected chi connectivity index (χ1v) is 8.19. The molecule has 0 atom stereocenters. The molecule has 27 heavy (non-hydrogen) atoms. The SMILES string of the molecule is C=CCOc1ccc(/C=N\Nc2ccc(C(F)(F)F)cc2[N+](=O)[O-])cc1Br. The summed E-state index contributed by atoms with van der Waals surface area (Å²) in [5.74, 6) is 0.596. The van der Waals surface area contributed by atoms with Gasteiger partial charge >= 0.3 is 6.18 Å². The van der Waals surface area contributed by atoms with E-state index in [9.17, 15) is 23.3 Å². The average Bonchev–Trinajstić information content (AvgIpc) is 2.60. The summed E-state index contributed by atoms with van der Waals surface area (Å²) < 4.78 is 44.1. The molecule has 0 saturated heterocycles. The molecule has 0 radical (unpaired) electrons. The van der Waals surface area contributed by atoms with E-state index in [0.717, 1.165) is 12.1 Å². The fraction of sp³-hybridized carbons (Fsp3) is 0.118. The predicted molar refractivity (Wildman–Crippen MR) is 99.1 cm³/mol. The smallest absolute Gasteiger partial charge is 0.416 e. The number of benzene rings is 2. The quantitative estimate of drug-likeness (QED) is 0.269. The summed E-state index contributed by atoms with van der Waals surface area (Å²) in [5.41, 5.74) is 1.03. The van der Waals surface area contributed by atoms with E-state index < -0.39 is 22.4 Å². The van der Waals surface area contributed by atoms with Crippen molar-refractivity contribution in [3.63, 3.8) is 0 Å². The van der Waals surface area contributed by atoms with Crippen LogP contribution in [0.1, 0.15) is 11.1 Å². The molecule has 0 aliphatic rings. The number of nitrogens with zero attached hydrogens (tertiary/aromatic N) is 2. The lowest BCUT2D eigenvalue weighted by molar-refractivity contribution is -0.384. The Labute approximate surface area is 160 Å². The zero-order valence-electron chi connectivity index (χ0n) is 13.7. The maximum atomic E-state index is 12.7. The van der Waals surface area contributed by atoms with Gasteiger partial charge in [0.05, 0.1) is 21.2 Å². The Morgan fingerprint density at radius 1 is 1.30 bits per heavy atom. The highest BCUT2D eigenvalue weighted by Gasteiger charge is 2.33. The van der Waals surface area contributed by atoms with E-state index in [1.165, 1.54) is 6.21 Å². The van der Waals surface area contributed by atoms with Gasteiger partial charge in [0.2, 0.25) is 0 Å². The number of nitro benzene ring substituents is 1. The number of halogens is 4. The molecule has 2 aromatic carbocycles. The lowest BCUT2D eigenvalue weighted by Gasteiger charge is -2.08. The van der Waals surface area contributed by atoms with E-state index in [0.29, 0.717) is 28.5 Å². The summed E-state index contributed by atoms with van der Waals surface area (Å²) in [7, 11) is 0. The molecule has 0 unspecified atom stereocenters. The first-order chi connectivity index (χ1) is 12.7. The lowest BCUT2D eigenvalue weighted by Crippen LogP contribution is -2.06. The van der Waals surface area contributed by atoms with Crippen LogP contribution >= 0.6 is 15.9 Å². The normalized spacial score (nSPS) is 11.4. The van der Waals surface area contributed by atoms with Crippen molar-refractivity contribution in [3.8, 4) is 5.75 Å². The van der Waals surface area contributed by atoms with E-state index in [2.05, 4.69) is 33.0 Å². The molecule has 2 aromatic rings. The van der Waals surface area contributed by atoms with Crippen molar-refractivity contribution in [1.82, 2.24) is 0 Å². The van der Waals surface area contributed by atoms with Crippen LogP contribution in [0.4, 0.5) is 24.5 Å². The van der Waals surface area contributed by atoms with Crippen molar-refractivity contribution in [3.05, 3.63) is 74.8 Å². The van der Waals surface area contributed by atoms with E-state index in [1.807, 2.05) is 0 Å². The van der Waals surface area contributed by atoms with Crippen LogP contribution in [-0.2, 0) is 6.18 Å². The topological polar surface area (TPSA) is 76.8 Å². The number of nitro groups is 1. The third kappa shape index (κ3) is 5.55. The highest BCUT2D eigenvalue weighted by atomic mass is 79.9. The van der Waals surface area contributed by atoms with Crippen LogP contribution in [0.15, 0.2) is 58.6 Å². The molecule has 0 heterocycles. The Morgan fingerprint density at radius 2 is 2.04 bits per heavy atom. The van der Waals surface area contributed by atoms with Gasteiger partial charge in [-0.15, -0.1) is 0 Å². The number of rotatable bonds is 7. The van der Waals surface area contributed by atoms with Crippen molar-refractivity contribution in [2.24, 2.45) is 5.10 Å². The molecular formula is C17H13BrF3N3O3. The van der Waals surface area contributed by atoms with Crippen LogP contribution in [0.2, 0.25) is 0 Å². The molecule has 6 nitrogen and oxygen atoms in total. The first kappa shape index (κ1) is 20.4. The minimum absolute atomic E-state index is 0.158. The van der Waals surface area contributed by atoms with Crippen LogP contribution in [-0.4, -0.2) is 17.7 Å². The summed E-state index contributed by atoms with van der Waals surface area (Å²) in [6, 6.07) is 7.24. The second-order valence-electron chi connectivity index (χ2n) is 5.15. The fourth-order valence-electron chi connectivity index (χ4n) is 1.99. The van der Waals surface area contributed by atoms with Gasteiger partial charge in [-0.25, -0.2) is 0 Å². The summed E-state index contributed by atoms with van der Waals surface area (Å²) in [6.07, 6.45) is -1.71. The molecular weight excluding hydrogens is 431 g/mol. The van der Waals surface area contributed by atoms with Gasteiger partial charge in [0.25, 0.3) is 5.69 Å². The third-order valence-electron chi connectivity index (χ3n) is 3.23. The van der Waals surface area contributed by atoms with Gasteiger partial charge in [-0.3, -0.25) is 15.5 Å². The molecule has 0 fully saturated rings. The first-order valence-electron chi connectivity index (χ1n) is 7.40. The van der Waals surface area contributed by atoms with E-state index in [1.54, 1.807) is 24.3 Å². The van der Waals surface area contributed by atoms with Gasteiger partial charge in [-0.05, 0) is 51.8 Å². The molecule has 10 heteroatoms. The molecule has 0 aromatic heterocycles. The number of anilines is 1. The number of hydrazone groups is 1. The van der Waals surface area contributed by atoms with E-state index in [4.69, 9.17) is 4.74 Å².